The first kappa shape index (κ1) is 24.6. The van der Waals surface area contributed by atoms with Gasteiger partial charge in [-0.2, -0.15) is 0 Å². The van der Waals surface area contributed by atoms with Crippen LogP contribution in [0.4, 0.5) is 5.69 Å². The Hall–Kier alpha value is -2.07. The van der Waals surface area contributed by atoms with E-state index in [0.29, 0.717) is 12.5 Å². The van der Waals surface area contributed by atoms with Crippen molar-refractivity contribution in [1.29, 1.82) is 0 Å². The standard InChI is InChI=1S/C24H33N5O2.HI/c1-25-24(26-17-21(22-12-8-16-31-22)28-13-5-2-6-14-28)27-18-23(30)29-15-7-10-19-9-3-4-11-20(19)29;/h3-4,8-9,11-12,16,21H,2,5-7,10,13-15,17-18H2,1H3,(H2,25,26,27);1H. The van der Waals surface area contributed by atoms with Crippen LogP contribution in [0, 0.1) is 0 Å². The number of carbonyl (C=O) groups is 1. The topological polar surface area (TPSA) is 73.1 Å². The number of anilines is 1. The van der Waals surface area contributed by atoms with Crippen LogP contribution in [-0.4, -0.2) is 56.5 Å². The van der Waals surface area contributed by atoms with Gasteiger partial charge in [0.2, 0.25) is 5.91 Å². The third-order valence-electron chi connectivity index (χ3n) is 6.21. The van der Waals surface area contributed by atoms with Crippen molar-refractivity contribution in [2.75, 3.05) is 44.7 Å². The van der Waals surface area contributed by atoms with Gasteiger partial charge in [-0.3, -0.25) is 14.7 Å². The fourth-order valence-corrected chi connectivity index (χ4v) is 4.58. The molecule has 174 valence electrons. The van der Waals surface area contributed by atoms with Crippen molar-refractivity contribution < 1.29 is 9.21 Å². The molecule has 7 nitrogen and oxygen atoms in total. The summed E-state index contributed by atoms with van der Waals surface area (Å²) in [5, 5.41) is 6.60. The summed E-state index contributed by atoms with van der Waals surface area (Å²) in [4.78, 5) is 21.6. The highest BCUT2D eigenvalue weighted by atomic mass is 127. The van der Waals surface area contributed by atoms with Crippen molar-refractivity contribution >= 4 is 41.5 Å². The van der Waals surface area contributed by atoms with E-state index >= 15 is 0 Å². The van der Waals surface area contributed by atoms with Crippen LogP contribution in [0.2, 0.25) is 0 Å². The largest absolute Gasteiger partial charge is 0.468 e. The number of hydrogen-bond donors (Lipinski definition) is 2. The van der Waals surface area contributed by atoms with E-state index in [0.717, 1.165) is 43.9 Å². The molecule has 1 aromatic carbocycles. The van der Waals surface area contributed by atoms with Gasteiger partial charge in [-0.05, 0) is 62.5 Å². The van der Waals surface area contributed by atoms with Gasteiger partial charge in [-0.1, -0.05) is 24.6 Å². The Bertz CT molecular complexity index is 880. The molecule has 3 heterocycles. The average molecular weight is 551 g/mol. The summed E-state index contributed by atoms with van der Waals surface area (Å²) in [7, 11) is 1.73. The molecule has 1 saturated heterocycles. The lowest BCUT2D eigenvalue weighted by Crippen LogP contribution is -2.48. The smallest absolute Gasteiger partial charge is 0.246 e. The maximum absolute atomic E-state index is 12.9. The molecular weight excluding hydrogens is 517 g/mol. The summed E-state index contributed by atoms with van der Waals surface area (Å²) in [5.41, 5.74) is 2.28. The number of fused-ring (bicyclic) bond motifs is 1. The van der Waals surface area contributed by atoms with Gasteiger partial charge in [0.25, 0.3) is 0 Å². The van der Waals surface area contributed by atoms with E-state index in [2.05, 4.69) is 26.6 Å². The minimum atomic E-state index is 0. The number of aryl methyl sites for hydroxylation is 1. The van der Waals surface area contributed by atoms with Crippen LogP contribution in [-0.2, 0) is 11.2 Å². The number of amides is 1. The lowest BCUT2D eigenvalue weighted by atomic mass is 10.0. The van der Waals surface area contributed by atoms with Crippen LogP contribution >= 0.6 is 24.0 Å². The van der Waals surface area contributed by atoms with E-state index < -0.39 is 0 Å². The minimum absolute atomic E-state index is 0. The van der Waals surface area contributed by atoms with Crippen molar-refractivity contribution in [3.05, 3.63) is 54.0 Å². The zero-order chi connectivity index (χ0) is 21.5. The number of guanidine groups is 1. The van der Waals surface area contributed by atoms with Crippen molar-refractivity contribution in [2.24, 2.45) is 4.99 Å². The second kappa shape index (κ2) is 12.2. The maximum atomic E-state index is 12.9. The van der Waals surface area contributed by atoms with Gasteiger partial charge in [0.05, 0.1) is 18.8 Å². The van der Waals surface area contributed by atoms with Gasteiger partial charge in [0.15, 0.2) is 5.96 Å². The van der Waals surface area contributed by atoms with E-state index in [1.54, 1.807) is 13.3 Å². The lowest BCUT2D eigenvalue weighted by molar-refractivity contribution is -0.117. The summed E-state index contributed by atoms with van der Waals surface area (Å²) >= 11 is 0. The predicted molar refractivity (Wildman–Crippen MR) is 139 cm³/mol. The number of nitrogens with one attached hydrogen (secondary N) is 2. The molecule has 0 spiro atoms. The molecule has 1 fully saturated rings. The Morgan fingerprint density at radius 1 is 1.06 bits per heavy atom. The van der Waals surface area contributed by atoms with Gasteiger partial charge in [0, 0.05) is 25.8 Å². The molecule has 0 radical (unpaired) electrons. The summed E-state index contributed by atoms with van der Waals surface area (Å²) < 4.78 is 5.72. The summed E-state index contributed by atoms with van der Waals surface area (Å²) in [6, 6.07) is 12.3. The highest BCUT2D eigenvalue weighted by Gasteiger charge is 2.25. The number of para-hydroxylation sites is 1. The zero-order valence-corrected chi connectivity index (χ0v) is 21.1. The summed E-state index contributed by atoms with van der Waals surface area (Å²) in [6.45, 7) is 3.80. The molecule has 1 atom stereocenters. The molecule has 0 aliphatic carbocycles. The normalized spacial score (nSPS) is 17.8. The number of furan rings is 1. The maximum Gasteiger partial charge on any atom is 0.246 e. The van der Waals surface area contributed by atoms with E-state index in [4.69, 9.17) is 4.42 Å². The van der Waals surface area contributed by atoms with Gasteiger partial charge in [0.1, 0.15) is 5.76 Å². The van der Waals surface area contributed by atoms with Gasteiger partial charge in [-0.25, -0.2) is 0 Å². The fourth-order valence-electron chi connectivity index (χ4n) is 4.58. The monoisotopic (exact) mass is 551 g/mol. The van der Waals surface area contributed by atoms with Crippen LogP contribution < -0.4 is 15.5 Å². The second-order valence-electron chi connectivity index (χ2n) is 8.21. The SMILES string of the molecule is CN=C(NCC(=O)N1CCCc2ccccc21)NCC(c1ccco1)N1CCCCC1.I. The quantitative estimate of drug-likeness (QED) is 0.327. The molecule has 1 amide bonds. The van der Waals surface area contributed by atoms with E-state index in [1.165, 1.54) is 24.8 Å². The molecular formula is C24H34IN5O2. The molecule has 1 unspecified atom stereocenters. The molecule has 4 rings (SSSR count). The number of halogens is 1. The Labute approximate surface area is 207 Å². The van der Waals surface area contributed by atoms with Gasteiger partial charge >= 0.3 is 0 Å². The van der Waals surface area contributed by atoms with Crippen molar-refractivity contribution in [3.8, 4) is 0 Å². The Balaban J connectivity index is 0.00000289. The molecule has 2 aromatic rings. The molecule has 0 bridgehead atoms. The Morgan fingerprint density at radius 2 is 1.88 bits per heavy atom. The van der Waals surface area contributed by atoms with E-state index in [9.17, 15) is 4.79 Å². The van der Waals surface area contributed by atoms with Crippen molar-refractivity contribution in [2.45, 2.75) is 38.1 Å². The van der Waals surface area contributed by atoms with Gasteiger partial charge in [-0.15, -0.1) is 24.0 Å². The first-order valence-electron chi connectivity index (χ1n) is 11.4. The molecule has 0 saturated carbocycles. The fraction of sp³-hybridized carbons (Fsp3) is 0.500. The number of carbonyl (C=O) groups excluding carboxylic acids is 1. The van der Waals surface area contributed by atoms with Crippen LogP contribution in [0.3, 0.4) is 0 Å². The van der Waals surface area contributed by atoms with Crippen LogP contribution in [0.5, 0.6) is 0 Å². The first-order valence-corrected chi connectivity index (χ1v) is 11.4. The molecule has 2 N–H and O–H groups in total. The van der Waals surface area contributed by atoms with Crippen LogP contribution in [0.1, 0.15) is 43.0 Å². The highest BCUT2D eigenvalue weighted by molar-refractivity contribution is 14.0. The first-order chi connectivity index (χ1) is 15.3. The number of piperidine rings is 1. The van der Waals surface area contributed by atoms with Crippen LogP contribution in [0.25, 0.3) is 0 Å². The van der Waals surface area contributed by atoms with Crippen molar-refractivity contribution in [3.63, 3.8) is 0 Å². The molecule has 2 aliphatic rings. The number of likely N-dealkylation sites (tertiary alicyclic amines) is 1. The zero-order valence-electron chi connectivity index (χ0n) is 18.8. The summed E-state index contributed by atoms with van der Waals surface area (Å²) in [5.74, 6) is 1.66. The van der Waals surface area contributed by atoms with Gasteiger partial charge < -0.3 is 20.0 Å². The van der Waals surface area contributed by atoms with Crippen LogP contribution in [0.15, 0.2) is 52.1 Å². The average Bonchev–Trinajstić information content (AvgIpc) is 3.36. The third kappa shape index (κ3) is 6.04. The molecule has 2 aliphatic heterocycles. The molecule has 8 heteroatoms. The number of hydrogen-bond acceptors (Lipinski definition) is 4. The number of aliphatic imine (C=N–C) groups is 1. The number of nitrogens with zero attached hydrogens (tertiary/aromatic N) is 3. The highest BCUT2D eigenvalue weighted by Crippen LogP contribution is 2.27. The second-order valence-corrected chi connectivity index (χ2v) is 8.21. The third-order valence-corrected chi connectivity index (χ3v) is 6.21. The summed E-state index contributed by atoms with van der Waals surface area (Å²) in [6.07, 6.45) is 7.48. The predicted octanol–water partition coefficient (Wildman–Crippen LogP) is 3.57. The van der Waals surface area contributed by atoms with Crippen molar-refractivity contribution in [1.82, 2.24) is 15.5 Å². The number of rotatable bonds is 6. The lowest BCUT2D eigenvalue weighted by Gasteiger charge is -2.34. The number of benzene rings is 1. The minimum Gasteiger partial charge on any atom is -0.468 e. The van der Waals surface area contributed by atoms with E-state index in [-0.39, 0.29) is 42.5 Å². The molecule has 32 heavy (non-hydrogen) atoms. The molecule has 1 aromatic heterocycles. The van der Waals surface area contributed by atoms with E-state index in [1.807, 2.05) is 35.2 Å². The Morgan fingerprint density at radius 3 is 2.62 bits per heavy atom. The Kier molecular flexibility index (Phi) is 9.40.